The Morgan fingerprint density at radius 3 is 2.54 bits per heavy atom. The maximum atomic E-state index is 12.6. The molecule has 136 valence electrons. The van der Waals surface area contributed by atoms with Gasteiger partial charge in [-0.3, -0.25) is 18.7 Å². The third-order valence-electron chi connectivity index (χ3n) is 3.90. The van der Waals surface area contributed by atoms with E-state index in [1.54, 1.807) is 18.2 Å². The van der Waals surface area contributed by atoms with Crippen LogP contribution >= 0.6 is 0 Å². The summed E-state index contributed by atoms with van der Waals surface area (Å²) in [6, 6.07) is 7.61. The van der Waals surface area contributed by atoms with Gasteiger partial charge >= 0.3 is 5.69 Å². The van der Waals surface area contributed by atoms with E-state index in [9.17, 15) is 18.0 Å². The number of methoxy groups -OCH3 is 1. The minimum atomic E-state index is -3.99. The summed E-state index contributed by atoms with van der Waals surface area (Å²) < 4.78 is 34.8. The molecule has 0 atom stereocenters. The highest BCUT2D eigenvalue weighted by Gasteiger charge is 2.18. The van der Waals surface area contributed by atoms with Gasteiger partial charge in [-0.15, -0.1) is 0 Å². The largest absolute Gasteiger partial charge is 0.497 e. The van der Waals surface area contributed by atoms with Crippen LogP contribution in [-0.4, -0.2) is 29.6 Å². The highest BCUT2D eigenvalue weighted by Crippen LogP contribution is 2.21. The van der Waals surface area contributed by atoms with Gasteiger partial charge in [0.25, 0.3) is 15.6 Å². The van der Waals surface area contributed by atoms with Crippen molar-refractivity contribution < 1.29 is 13.2 Å². The van der Waals surface area contributed by atoms with Gasteiger partial charge in [0.05, 0.1) is 18.2 Å². The zero-order chi connectivity index (χ0) is 19.1. The third-order valence-corrected chi connectivity index (χ3v) is 5.25. The molecule has 0 unspecified atom stereocenters. The summed E-state index contributed by atoms with van der Waals surface area (Å²) in [4.78, 5) is 28.0. The number of ether oxygens (including phenoxy) is 1. The van der Waals surface area contributed by atoms with Crippen molar-refractivity contribution in [3.63, 3.8) is 0 Å². The molecule has 0 radical (unpaired) electrons. The number of sulfonamides is 1. The summed E-state index contributed by atoms with van der Waals surface area (Å²) in [5, 5.41) is 0.0307. The number of benzene rings is 1. The van der Waals surface area contributed by atoms with E-state index in [-0.39, 0.29) is 15.9 Å². The Morgan fingerprint density at radius 1 is 1.12 bits per heavy atom. The standard InChI is InChI=1S/C16H16N4O5S/c1-19-14-13(15(21)20(2)16(19)22)8-12(9-17-14)26(23,24)18-10-5-4-6-11(7-10)25-3/h4-9,18H,1-3H3. The topological polar surface area (TPSA) is 112 Å². The van der Waals surface area contributed by atoms with Crippen LogP contribution in [-0.2, 0) is 24.1 Å². The molecule has 0 aliphatic carbocycles. The number of fused-ring (bicyclic) bond motifs is 1. The van der Waals surface area contributed by atoms with Crippen LogP contribution in [0, 0.1) is 0 Å². The van der Waals surface area contributed by atoms with Gasteiger partial charge in [0.1, 0.15) is 16.3 Å². The fourth-order valence-electron chi connectivity index (χ4n) is 2.49. The second kappa shape index (κ2) is 6.30. The molecule has 1 N–H and O–H groups in total. The number of nitrogens with zero attached hydrogens (tertiary/aromatic N) is 3. The normalized spacial score (nSPS) is 11.5. The van der Waals surface area contributed by atoms with Gasteiger partial charge in [-0.25, -0.2) is 18.2 Å². The lowest BCUT2D eigenvalue weighted by Crippen LogP contribution is -2.37. The fourth-order valence-corrected chi connectivity index (χ4v) is 3.51. The minimum absolute atomic E-state index is 0.0307. The van der Waals surface area contributed by atoms with E-state index in [0.29, 0.717) is 11.4 Å². The Morgan fingerprint density at radius 2 is 1.85 bits per heavy atom. The molecule has 9 nitrogen and oxygen atoms in total. The molecule has 1 aromatic carbocycles. The van der Waals surface area contributed by atoms with E-state index in [1.165, 1.54) is 37.9 Å². The van der Waals surface area contributed by atoms with Gasteiger partial charge in [-0.2, -0.15) is 0 Å². The molecule has 10 heteroatoms. The lowest BCUT2D eigenvalue weighted by Gasteiger charge is -2.11. The smallest absolute Gasteiger partial charge is 0.332 e. The van der Waals surface area contributed by atoms with Gasteiger partial charge in [0.15, 0.2) is 0 Å². The first kappa shape index (κ1) is 17.7. The molecular weight excluding hydrogens is 360 g/mol. The molecule has 0 aliphatic heterocycles. The second-order valence-corrected chi connectivity index (χ2v) is 7.27. The first-order chi connectivity index (χ1) is 12.2. The molecule has 2 aromatic heterocycles. The Hall–Kier alpha value is -3.14. The average molecular weight is 376 g/mol. The number of pyridine rings is 1. The monoisotopic (exact) mass is 376 g/mol. The number of rotatable bonds is 4. The van der Waals surface area contributed by atoms with Crippen LogP contribution in [0.4, 0.5) is 5.69 Å². The van der Waals surface area contributed by atoms with Crippen LogP contribution < -0.4 is 20.7 Å². The van der Waals surface area contributed by atoms with Crippen LogP contribution in [0.5, 0.6) is 5.75 Å². The number of anilines is 1. The summed E-state index contributed by atoms with van der Waals surface area (Å²) in [5.41, 5.74) is -0.745. The number of aromatic nitrogens is 3. The first-order valence-corrected chi connectivity index (χ1v) is 8.95. The maximum Gasteiger partial charge on any atom is 0.332 e. The van der Waals surface area contributed by atoms with E-state index >= 15 is 0 Å². The van der Waals surface area contributed by atoms with Crippen molar-refractivity contribution in [2.45, 2.75) is 4.90 Å². The molecule has 26 heavy (non-hydrogen) atoms. The van der Waals surface area contributed by atoms with Gasteiger partial charge in [-0.05, 0) is 18.2 Å². The molecule has 0 amide bonds. The predicted octanol–water partition coefficient (Wildman–Crippen LogP) is 0.442. The van der Waals surface area contributed by atoms with E-state index in [1.807, 2.05) is 0 Å². The zero-order valence-electron chi connectivity index (χ0n) is 14.3. The number of aryl methyl sites for hydroxylation is 1. The predicted molar refractivity (Wildman–Crippen MR) is 96.0 cm³/mol. The van der Waals surface area contributed by atoms with E-state index in [2.05, 4.69) is 9.71 Å². The summed E-state index contributed by atoms with van der Waals surface area (Å²) in [6.07, 6.45) is 1.10. The summed E-state index contributed by atoms with van der Waals surface area (Å²) in [7, 11) is 0.265. The maximum absolute atomic E-state index is 12.6. The molecule has 0 fully saturated rings. The van der Waals surface area contributed by atoms with Crippen LogP contribution in [0.2, 0.25) is 0 Å². The van der Waals surface area contributed by atoms with Gasteiger partial charge in [0.2, 0.25) is 0 Å². The summed E-state index contributed by atoms with van der Waals surface area (Å²) in [5.74, 6) is 0.491. The Balaban J connectivity index is 2.12. The Bertz CT molecular complexity index is 1230. The molecule has 2 heterocycles. The van der Waals surface area contributed by atoms with E-state index in [0.717, 1.165) is 10.8 Å². The molecular formula is C16H16N4O5S. The zero-order valence-corrected chi connectivity index (χ0v) is 15.1. The van der Waals surface area contributed by atoms with Crippen LogP contribution in [0.3, 0.4) is 0 Å². The van der Waals surface area contributed by atoms with Crippen molar-refractivity contribution in [3.8, 4) is 5.75 Å². The Kier molecular flexibility index (Phi) is 4.28. The van der Waals surface area contributed by atoms with Crippen molar-refractivity contribution in [2.75, 3.05) is 11.8 Å². The molecule has 3 aromatic rings. The van der Waals surface area contributed by atoms with Crippen LogP contribution in [0.15, 0.2) is 51.0 Å². The number of nitrogens with one attached hydrogen (secondary N) is 1. The highest BCUT2D eigenvalue weighted by atomic mass is 32.2. The van der Waals surface area contributed by atoms with Crippen molar-refractivity contribution in [3.05, 3.63) is 57.4 Å². The van der Waals surface area contributed by atoms with Crippen LogP contribution in [0.25, 0.3) is 11.0 Å². The van der Waals surface area contributed by atoms with Gasteiger partial charge in [0, 0.05) is 26.4 Å². The molecule has 0 saturated heterocycles. The quantitative estimate of drug-likeness (QED) is 0.707. The van der Waals surface area contributed by atoms with Crippen molar-refractivity contribution in [1.82, 2.24) is 14.1 Å². The van der Waals surface area contributed by atoms with Gasteiger partial charge in [-0.1, -0.05) is 6.07 Å². The van der Waals surface area contributed by atoms with Crippen molar-refractivity contribution >= 4 is 26.7 Å². The van der Waals surface area contributed by atoms with E-state index < -0.39 is 21.3 Å². The summed E-state index contributed by atoms with van der Waals surface area (Å²) >= 11 is 0. The fraction of sp³-hybridized carbons (Fsp3) is 0.188. The summed E-state index contributed by atoms with van der Waals surface area (Å²) in [6.45, 7) is 0. The molecule has 0 saturated carbocycles. The second-order valence-electron chi connectivity index (χ2n) is 5.59. The first-order valence-electron chi connectivity index (χ1n) is 7.47. The lowest BCUT2D eigenvalue weighted by molar-refractivity contribution is 0.415. The Labute approximate surface area is 148 Å². The molecule has 0 bridgehead atoms. The molecule has 0 spiro atoms. The molecule has 3 rings (SSSR count). The SMILES string of the molecule is COc1cccc(NS(=O)(=O)c2cnc3c(c2)c(=O)n(C)c(=O)n3C)c1. The minimum Gasteiger partial charge on any atom is -0.497 e. The number of hydrogen-bond donors (Lipinski definition) is 1. The van der Waals surface area contributed by atoms with E-state index in [4.69, 9.17) is 4.74 Å². The lowest BCUT2D eigenvalue weighted by atomic mass is 10.3. The van der Waals surface area contributed by atoms with Crippen molar-refractivity contribution in [1.29, 1.82) is 0 Å². The molecule has 0 aliphatic rings. The third kappa shape index (κ3) is 2.94. The van der Waals surface area contributed by atoms with Gasteiger partial charge < -0.3 is 4.74 Å². The average Bonchev–Trinajstić information content (AvgIpc) is 2.64. The highest BCUT2D eigenvalue weighted by molar-refractivity contribution is 7.92. The number of hydrogen-bond acceptors (Lipinski definition) is 6. The van der Waals surface area contributed by atoms with Crippen LogP contribution in [0.1, 0.15) is 0 Å². The van der Waals surface area contributed by atoms with Crippen molar-refractivity contribution in [2.24, 2.45) is 14.1 Å².